The van der Waals surface area contributed by atoms with Crippen LogP contribution in [0.25, 0.3) is 0 Å². The van der Waals surface area contributed by atoms with Crippen LogP contribution < -0.4 is 15.5 Å². The molecule has 0 unspecified atom stereocenters. The number of anilines is 3. The lowest BCUT2D eigenvalue weighted by Crippen LogP contribution is -2.27. The van der Waals surface area contributed by atoms with Gasteiger partial charge in [0, 0.05) is 11.4 Å². The van der Waals surface area contributed by atoms with Crippen molar-refractivity contribution in [3.63, 3.8) is 0 Å². The van der Waals surface area contributed by atoms with Gasteiger partial charge in [-0.1, -0.05) is 44.0 Å². The summed E-state index contributed by atoms with van der Waals surface area (Å²) in [7, 11) is 0. The first-order valence-corrected chi connectivity index (χ1v) is 12.4. The number of hydrogen-bond acceptors (Lipinski definition) is 4. The molecular formula is C26H35ClN4O2. The number of carbonyl (C=O) groups is 2. The van der Waals surface area contributed by atoms with E-state index in [4.69, 9.17) is 11.6 Å². The Morgan fingerprint density at radius 2 is 1.76 bits per heavy atom. The number of hydrogen-bond donors (Lipinski definition) is 2. The Morgan fingerprint density at radius 3 is 2.55 bits per heavy atom. The van der Waals surface area contributed by atoms with E-state index in [1.54, 1.807) is 35.2 Å². The minimum atomic E-state index is -0.239. The number of nitrogens with zero attached hydrogens (tertiary/aromatic N) is 2. The largest absolute Gasteiger partial charge is 0.320 e. The van der Waals surface area contributed by atoms with Crippen molar-refractivity contribution in [3.05, 3.63) is 53.1 Å². The zero-order valence-corrected chi connectivity index (χ0v) is 20.5. The van der Waals surface area contributed by atoms with Gasteiger partial charge in [-0.2, -0.15) is 0 Å². The summed E-state index contributed by atoms with van der Waals surface area (Å²) >= 11 is 6.15. The highest BCUT2D eigenvalue weighted by atomic mass is 35.5. The molecule has 6 nitrogen and oxygen atoms in total. The highest BCUT2D eigenvalue weighted by Crippen LogP contribution is 2.39. The highest BCUT2D eigenvalue weighted by molar-refractivity contribution is 6.31. The molecule has 0 radical (unpaired) electrons. The van der Waals surface area contributed by atoms with Crippen LogP contribution in [0.2, 0.25) is 5.02 Å². The third-order valence-corrected chi connectivity index (χ3v) is 6.29. The van der Waals surface area contributed by atoms with Gasteiger partial charge in [-0.05, 0) is 82.3 Å². The van der Waals surface area contributed by atoms with Crippen molar-refractivity contribution < 1.29 is 9.59 Å². The second-order valence-electron chi connectivity index (χ2n) is 8.30. The predicted octanol–water partition coefficient (Wildman–Crippen LogP) is 5.45. The van der Waals surface area contributed by atoms with Crippen LogP contribution in [0.3, 0.4) is 0 Å². The van der Waals surface area contributed by atoms with Gasteiger partial charge in [0.05, 0.1) is 22.6 Å². The Labute approximate surface area is 202 Å². The molecule has 178 valence electrons. The van der Waals surface area contributed by atoms with Gasteiger partial charge in [0.15, 0.2) is 0 Å². The molecule has 3 rings (SSSR count). The quantitative estimate of drug-likeness (QED) is 0.405. The van der Waals surface area contributed by atoms with E-state index in [1.165, 1.54) is 0 Å². The molecule has 0 saturated heterocycles. The predicted molar refractivity (Wildman–Crippen MR) is 137 cm³/mol. The van der Waals surface area contributed by atoms with Crippen LogP contribution in [-0.4, -0.2) is 49.4 Å². The second-order valence-corrected chi connectivity index (χ2v) is 8.74. The van der Waals surface area contributed by atoms with E-state index in [-0.39, 0.29) is 11.8 Å². The van der Waals surface area contributed by atoms with Gasteiger partial charge >= 0.3 is 0 Å². The van der Waals surface area contributed by atoms with Gasteiger partial charge in [-0.3, -0.25) is 14.5 Å². The number of carbonyl (C=O) groups excluding carboxylic acids is 2. The zero-order valence-electron chi connectivity index (χ0n) is 19.7. The van der Waals surface area contributed by atoms with E-state index in [9.17, 15) is 9.59 Å². The Bertz CT molecular complexity index is 946. The third-order valence-electron chi connectivity index (χ3n) is 6.05. The first kappa shape index (κ1) is 25.2. The molecule has 0 atom stereocenters. The maximum atomic E-state index is 13.3. The van der Waals surface area contributed by atoms with Gasteiger partial charge in [0.1, 0.15) is 0 Å². The number of halogens is 1. The molecule has 1 aliphatic heterocycles. The SMILES string of the molecule is CCN(CC)CCCNCCCCCC(=O)N1c2ccc(Cl)cc2NC(=O)c2ccccc21. The van der Waals surface area contributed by atoms with Gasteiger partial charge in [0.2, 0.25) is 5.91 Å². The monoisotopic (exact) mass is 470 g/mol. The average molecular weight is 471 g/mol. The number of fused-ring (bicyclic) bond motifs is 2. The summed E-state index contributed by atoms with van der Waals surface area (Å²) in [6.07, 6.45) is 4.41. The summed E-state index contributed by atoms with van der Waals surface area (Å²) in [4.78, 5) is 30.1. The molecule has 1 heterocycles. The lowest BCUT2D eigenvalue weighted by Gasteiger charge is -2.24. The fraction of sp³-hybridized carbons (Fsp3) is 0.462. The number of rotatable bonds is 12. The molecule has 2 aromatic carbocycles. The lowest BCUT2D eigenvalue weighted by molar-refractivity contribution is -0.118. The standard InChI is InChI=1S/C26H35ClN4O2/c1-3-30(4-2)18-10-17-28-16-9-5-6-13-25(32)31-23-12-8-7-11-21(23)26(33)29-22-19-20(27)14-15-24(22)31/h7-8,11-12,14-15,19,28H,3-6,9-10,13,16-18H2,1-2H3,(H,29,33). The minimum absolute atomic E-state index is 0.0188. The number of nitrogens with one attached hydrogen (secondary N) is 2. The molecule has 2 aromatic rings. The van der Waals surface area contributed by atoms with Crippen molar-refractivity contribution in [3.8, 4) is 0 Å². The molecule has 2 N–H and O–H groups in total. The van der Waals surface area contributed by atoms with Crippen LogP contribution >= 0.6 is 11.6 Å². The maximum absolute atomic E-state index is 13.3. The fourth-order valence-electron chi connectivity index (χ4n) is 4.16. The fourth-order valence-corrected chi connectivity index (χ4v) is 4.33. The Hall–Kier alpha value is -2.41. The molecule has 7 heteroatoms. The van der Waals surface area contributed by atoms with Crippen LogP contribution in [0.1, 0.15) is 56.3 Å². The summed E-state index contributed by atoms with van der Waals surface area (Å²) in [5.74, 6) is -0.258. The molecule has 33 heavy (non-hydrogen) atoms. The first-order valence-electron chi connectivity index (χ1n) is 12.0. The van der Waals surface area contributed by atoms with Crippen LogP contribution in [-0.2, 0) is 4.79 Å². The summed E-state index contributed by atoms with van der Waals surface area (Å²) in [5, 5.41) is 6.91. The lowest BCUT2D eigenvalue weighted by atomic mass is 10.1. The van der Waals surface area contributed by atoms with Crippen molar-refractivity contribution >= 4 is 40.5 Å². The maximum Gasteiger partial charge on any atom is 0.257 e. The molecule has 0 saturated carbocycles. The average Bonchev–Trinajstić information content (AvgIpc) is 2.94. The van der Waals surface area contributed by atoms with E-state index < -0.39 is 0 Å². The third kappa shape index (κ3) is 6.79. The smallest absolute Gasteiger partial charge is 0.257 e. The summed E-state index contributed by atoms with van der Waals surface area (Å²) < 4.78 is 0. The van der Waals surface area contributed by atoms with Gasteiger partial charge in [0.25, 0.3) is 5.91 Å². The summed E-state index contributed by atoms with van der Waals surface area (Å²) in [6, 6.07) is 12.4. The second kappa shape index (κ2) is 12.7. The van der Waals surface area contributed by atoms with Gasteiger partial charge < -0.3 is 15.5 Å². The topological polar surface area (TPSA) is 64.7 Å². The Morgan fingerprint density at radius 1 is 1.00 bits per heavy atom. The summed E-state index contributed by atoms with van der Waals surface area (Å²) in [6.45, 7) is 9.74. The molecular weight excluding hydrogens is 436 g/mol. The van der Waals surface area contributed by atoms with E-state index in [0.717, 1.165) is 58.4 Å². The number of unbranched alkanes of at least 4 members (excludes halogenated alkanes) is 2. The van der Waals surface area contributed by atoms with Crippen LogP contribution in [0, 0.1) is 0 Å². The van der Waals surface area contributed by atoms with Gasteiger partial charge in [-0.15, -0.1) is 0 Å². The van der Waals surface area contributed by atoms with Gasteiger partial charge in [-0.25, -0.2) is 0 Å². The Kier molecular flexibility index (Phi) is 9.73. The molecule has 0 aliphatic carbocycles. The molecule has 0 aromatic heterocycles. The molecule has 0 fully saturated rings. The van der Waals surface area contributed by atoms with E-state index >= 15 is 0 Å². The van der Waals surface area contributed by atoms with Crippen molar-refractivity contribution in [2.24, 2.45) is 0 Å². The van der Waals surface area contributed by atoms with Crippen molar-refractivity contribution in [1.82, 2.24) is 10.2 Å². The summed E-state index contributed by atoms with van der Waals surface area (Å²) in [5.41, 5.74) is 2.28. The molecule has 0 bridgehead atoms. The highest BCUT2D eigenvalue weighted by Gasteiger charge is 2.28. The number of benzene rings is 2. The molecule has 2 amide bonds. The van der Waals surface area contributed by atoms with Crippen LogP contribution in [0.5, 0.6) is 0 Å². The van der Waals surface area contributed by atoms with Crippen molar-refractivity contribution in [2.75, 3.05) is 42.9 Å². The van der Waals surface area contributed by atoms with E-state index in [2.05, 4.69) is 29.4 Å². The zero-order chi connectivity index (χ0) is 23.6. The van der Waals surface area contributed by atoms with Crippen LogP contribution in [0.4, 0.5) is 17.1 Å². The number of para-hydroxylation sites is 1. The molecule has 1 aliphatic rings. The minimum Gasteiger partial charge on any atom is -0.320 e. The normalized spacial score (nSPS) is 12.8. The number of amides is 2. The van der Waals surface area contributed by atoms with Crippen molar-refractivity contribution in [2.45, 2.75) is 46.0 Å². The van der Waals surface area contributed by atoms with E-state index in [1.807, 2.05) is 12.1 Å². The Balaban J connectivity index is 1.53. The molecule has 0 spiro atoms. The van der Waals surface area contributed by atoms with Crippen molar-refractivity contribution in [1.29, 1.82) is 0 Å². The van der Waals surface area contributed by atoms with E-state index in [0.29, 0.717) is 34.1 Å². The van der Waals surface area contributed by atoms with Crippen LogP contribution in [0.15, 0.2) is 42.5 Å². The first-order chi connectivity index (χ1) is 16.0.